The Bertz CT molecular complexity index is 1080. The lowest BCUT2D eigenvalue weighted by Gasteiger charge is -2.13. The Balaban J connectivity index is 0.00000560. The molecule has 8 heteroatoms. The second-order valence-electron chi connectivity index (χ2n) is 10.1. The first kappa shape index (κ1) is 34.1. The van der Waals surface area contributed by atoms with Crippen LogP contribution in [0.15, 0.2) is 59.6 Å². The van der Waals surface area contributed by atoms with E-state index in [1.54, 1.807) is 29.5 Å². The van der Waals surface area contributed by atoms with Crippen LogP contribution in [0.25, 0.3) is 0 Å². The van der Waals surface area contributed by atoms with Gasteiger partial charge in [0.25, 0.3) is 5.91 Å². The summed E-state index contributed by atoms with van der Waals surface area (Å²) in [6.07, 6.45) is 17.7. The highest BCUT2D eigenvalue weighted by atomic mass is 79.9. The van der Waals surface area contributed by atoms with Crippen molar-refractivity contribution in [2.24, 2.45) is 0 Å². The standard InChI is InChI=1S/C32H43ClN2O3S.BrH/c1-2-3-4-5-6-7-8-9-10-11-12-13-21-37-31-23-28(33)16-19-30(31)38-25-32(36)34-29-17-14-27(15-18-29)24-35-20-22-39-26-35;/h14-20,22-23,26H,2-13,21,24-25H2,1H3;1H. The first-order valence-electron chi connectivity index (χ1n) is 14.5. The van der Waals surface area contributed by atoms with Crippen LogP contribution in [0.1, 0.15) is 89.5 Å². The van der Waals surface area contributed by atoms with Crippen LogP contribution in [0.3, 0.4) is 0 Å². The van der Waals surface area contributed by atoms with Gasteiger partial charge in [-0.3, -0.25) is 4.79 Å². The number of hydrogen-bond acceptors (Lipinski definition) is 4. The third-order valence-corrected chi connectivity index (χ3v) is 7.56. The van der Waals surface area contributed by atoms with Gasteiger partial charge in [0.05, 0.1) is 12.0 Å². The number of rotatable bonds is 20. The number of aromatic nitrogens is 1. The number of thiazole rings is 1. The van der Waals surface area contributed by atoms with Crippen molar-refractivity contribution >= 4 is 34.5 Å². The molecule has 5 nitrogen and oxygen atoms in total. The molecular formula is C32H44BrClN2O3S. The molecule has 220 valence electrons. The SMILES string of the molecule is CCCCCCCCCCCCCCOc1cc(Cl)ccc1OCC(=O)Nc1ccc(C[n+]2ccsc2)cc1.[Br-]. The number of nitrogens with one attached hydrogen (secondary N) is 1. The molecule has 0 unspecified atom stereocenters. The minimum Gasteiger partial charge on any atom is -1.00 e. The summed E-state index contributed by atoms with van der Waals surface area (Å²) in [5, 5.41) is 5.52. The number of ether oxygens (including phenoxy) is 2. The van der Waals surface area contributed by atoms with Crippen LogP contribution in [0.2, 0.25) is 5.02 Å². The number of anilines is 1. The van der Waals surface area contributed by atoms with Crippen LogP contribution in [0, 0.1) is 0 Å². The molecule has 0 aliphatic rings. The smallest absolute Gasteiger partial charge is 0.262 e. The summed E-state index contributed by atoms with van der Waals surface area (Å²) in [5.74, 6) is 0.877. The van der Waals surface area contributed by atoms with Crippen LogP contribution >= 0.6 is 22.9 Å². The Kier molecular flexibility index (Phi) is 17.7. The van der Waals surface area contributed by atoms with Gasteiger partial charge < -0.3 is 31.8 Å². The molecule has 0 bridgehead atoms. The Morgan fingerprint density at radius 3 is 2.12 bits per heavy atom. The van der Waals surface area contributed by atoms with E-state index in [1.165, 1.54) is 69.8 Å². The summed E-state index contributed by atoms with van der Waals surface area (Å²) in [5.41, 5.74) is 3.98. The molecule has 0 fully saturated rings. The fourth-order valence-electron chi connectivity index (χ4n) is 4.44. The number of amides is 1. The van der Waals surface area contributed by atoms with Crippen molar-refractivity contribution < 1.29 is 35.8 Å². The Labute approximate surface area is 260 Å². The van der Waals surface area contributed by atoms with Gasteiger partial charge in [-0.2, -0.15) is 4.57 Å². The quantitative estimate of drug-likeness (QED) is 0.123. The number of halogens is 2. The second kappa shape index (κ2) is 20.7. The van der Waals surface area contributed by atoms with Crippen LogP contribution in [0.4, 0.5) is 5.69 Å². The zero-order valence-electron chi connectivity index (χ0n) is 23.7. The third-order valence-electron chi connectivity index (χ3n) is 6.65. The highest BCUT2D eigenvalue weighted by Gasteiger charge is 2.10. The monoisotopic (exact) mass is 650 g/mol. The molecule has 0 atom stereocenters. The molecule has 0 saturated carbocycles. The van der Waals surface area contributed by atoms with Gasteiger partial charge in [-0.15, -0.1) is 0 Å². The molecule has 1 aromatic heterocycles. The molecule has 40 heavy (non-hydrogen) atoms. The zero-order chi connectivity index (χ0) is 27.5. The Morgan fingerprint density at radius 2 is 1.50 bits per heavy atom. The predicted octanol–water partition coefficient (Wildman–Crippen LogP) is 5.84. The highest BCUT2D eigenvalue weighted by molar-refractivity contribution is 7.07. The molecule has 2 aromatic carbocycles. The minimum absolute atomic E-state index is 0. The maximum Gasteiger partial charge on any atom is 0.262 e. The summed E-state index contributed by atoms with van der Waals surface area (Å²) in [4.78, 5) is 12.5. The topological polar surface area (TPSA) is 51.4 Å². The number of nitrogens with zero attached hydrogens (tertiary/aromatic N) is 1. The van der Waals surface area contributed by atoms with Gasteiger partial charge in [-0.25, -0.2) is 0 Å². The lowest BCUT2D eigenvalue weighted by atomic mass is 10.1. The van der Waals surface area contributed by atoms with Crippen molar-refractivity contribution in [3.05, 3.63) is 70.1 Å². The Morgan fingerprint density at radius 1 is 0.850 bits per heavy atom. The van der Waals surface area contributed by atoms with E-state index in [4.69, 9.17) is 21.1 Å². The molecular weight excluding hydrogens is 608 g/mol. The summed E-state index contributed by atoms with van der Waals surface area (Å²) in [6.45, 7) is 3.57. The van der Waals surface area contributed by atoms with Crippen LogP contribution < -0.4 is 36.3 Å². The normalized spacial score (nSPS) is 10.7. The minimum atomic E-state index is -0.225. The largest absolute Gasteiger partial charge is 1.00 e. The van der Waals surface area contributed by atoms with E-state index in [2.05, 4.69) is 22.3 Å². The average molecular weight is 652 g/mol. The molecule has 1 N–H and O–H groups in total. The van der Waals surface area contributed by atoms with Crippen molar-refractivity contribution in [3.63, 3.8) is 0 Å². The first-order chi connectivity index (χ1) is 19.1. The first-order valence-corrected chi connectivity index (χ1v) is 15.8. The third kappa shape index (κ3) is 14.0. The van der Waals surface area contributed by atoms with Crippen molar-refractivity contribution in [2.45, 2.75) is 90.5 Å². The van der Waals surface area contributed by atoms with Gasteiger partial charge in [-0.05, 0) is 30.7 Å². The lowest BCUT2D eigenvalue weighted by Crippen LogP contribution is -3.00. The number of hydrogen-bond donors (Lipinski definition) is 1. The van der Waals surface area contributed by atoms with E-state index in [0.29, 0.717) is 23.1 Å². The highest BCUT2D eigenvalue weighted by Crippen LogP contribution is 2.30. The molecule has 0 spiro atoms. The van der Waals surface area contributed by atoms with Gasteiger partial charge in [0, 0.05) is 22.3 Å². The van der Waals surface area contributed by atoms with Gasteiger partial charge >= 0.3 is 0 Å². The maximum atomic E-state index is 12.5. The molecule has 0 radical (unpaired) electrons. The molecule has 0 aliphatic carbocycles. The van der Waals surface area contributed by atoms with E-state index >= 15 is 0 Å². The fraction of sp³-hybridized carbons (Fsp3) is 0.500. The maximum absolute atomic E-state index is 12.5. The van der Waals surface area contributed by atoms with Crippen LogP contribution in [-0.2, 0) is 11.3 Å². The van der Waals surface area contributed by atoms with Crippen molar-refractivity contribution in [3.8, 4) is 11.5 Å². The molecule has 3 aromatic rings. The number of carbonyl (C=O) groups is 1. The summed E-state index contributed by atoms with van der Waals surface area (Å²) >= 11 is 7.85. The number of benzene rings is 2. The van der Waals surface area contributed by atoms with E-state index in [-0.39, 0.29) is 29.5 Å². The van der Waals surface area contributed by atoms with Crippen LogP contribution in [0.5, 0.6) is 11.5 Å². The fourth-order valence-corrected chi connectivity index (χ4v) is 5.20. The predicted molar refractivity (Wildman–Crippen MR) is 162 cm³/mol. The van der Waals surface area contributed by atoms with Gasteiger partial charge in [0.1, 0.15) is 0 Å². The summed E-state index contributed by atoms with van der Waals surface area (Å²) in [6, 6.07) is 13.1. The van der Waals surface area contributed by atoms with Crippen LogP contribution in [-0.4, -0.2) is 19.1 Å². The Hall–Kier alpha value is -2.09. The summed E-state index contributed by atoms with van der Waals surface area (Å²) in [7, 11) is 0. The summed E-state index contributed by atoms with van der Waals surface area (Å²) < 4.78 is 13.9. The van der Waals surface area contributed by atoms with E-state index in [0.717, 1.165) is 25.1 Å². The molecule has 0 aliphatic heterocycles. The molecule has 1 amide bonds. The van der Waals surface area contributed by atoms with E-state index in [9.17, 15) is 4.79 Å². The number of carbonyl (C=O) groups excluding carboxylic acids is 1. The van der Waals surface area contributed by atoms with Crippen molar-refractivity contribution in [1.82, 2.24) is 0 Å². The lowest BCUT2D eigenvalue weighted by molar-refractivity contribution is -0.683. The molecule has 3 rings (SSSR count). The molecule has 1 heterocycles. The number of unbranched alkanes of at least 4 members (excludes halogenated alkanes) is 11. The average Bonchev–Trinajstić information content (AvgIpc) is 3.45. The van der Waals surface area contributed by atoms with E-state index < -0.39 is 0 Å². The zero-order valence-corrected chi connectivity index (χ0v) is 26.9. The van der Waals surface area contributed by atoms with E-state index in [1.807, 2.05) is 35.8 Å². The van der Waals surface area contributed by atoms with Gasteiger partial charge in [0.2, 0.25) is 5.51 Å². The molecule has 0 saturated heterocycles. The van der Waals surface area contributed by atoms with Crippen molar-refractivity contribution in [1.29, 1.82) is 0 Å². The van der Waals surface area contributed by atoms with Crippen molar-refractivity contribution in [2.75, 3.05) is 18.5 Å². The van der Waals surface area contributed by atoms with Gasteiger partial charge in [-0.1, -0.05) is 113 Å². The van der Waals surface area contributed by atoms with Gasteiger partial charge in [0.15, 0.2) is 30.8 Å². The second-order valence-corrected chi connectivity index (χ2v) is 11.3.